The molecule has 3 rings (SSSR count). The van der Waals surface area contributed by atoms with E-state index in [1.807, 2.05) is 25.1 Å². The highest BCUT2D eigenvalue weighted by Gasteiger charge is 2.14. The van der Waals surface area contributed by atoms with Crippen LogP contribution < -0.4 is 10.9 Å². The number of phenols is 1. The van der Waals surface area contributed by atoms with Crippen molar-refractivity contribution in [3.63, 3.8) is 0 Å². The largest absolute Gasteiger partial charge is 0.508 e. The molecular formula is C18H16N2O3. The van der Waals surface area contributed by atoms with Gasteiger partial charge in [0.1, 0.15) is 5.75 Å². The Morgan fingerprint density at radius 3 is 2.52 bits per heavy atom. The average molecular weight is 308 g/mol. The van der Waals surface area contributed by atoms with Crippen molar-refractivity contribution in [2.75, 3.05) is 5.32 Å². The fourth-order valence-electron chi connectivity index (χ4n) is 2.58. The van der Waals surface area contributed by atoms with Crippen LogP contribution in [0.25, 0.3) is 10.9 Å². The van der Waals surface area contributed by atoms with Gasteiger partial charge in [0, 0.05) is 23.2 Å². The van der Waals surface area contributed by atoms with Gasteiger partial charge in [-0.3, -0.25) is 4.79 Å². The van der Waals surface area contributed by atoms with E-state index in [2.05, 4.69) is 5.32 Å². The first-order valence-electron chi connectivity index (χ1n) is 7.20. The van der Waals surface area contributed by atoms with Crippen molar-refractivity contribution in [2.45, 2.75) is 13.8 Å². The first-order valence-corrected chi connectivity index (χ1v) is 7.20. The number of aryl methyl sites for hydroxylation is 2. The summed E-state index contributed by atoms with van der Waals surface area (Å²) >= 11 is 0. The number of rotatable bonds is 1. The van der Waals surface area contributed by atoms with Gasteiger partial charge in [0.2, 0.25) is 0 Å². The molecule has 0 aliphatic heterocycles. The lowest BCUT2D eigenvalue weighted by Crippen LogP contribution is -2.31. The molecule has 1 aromatic heterocycles. The predicted octanol–water partition coefficient (Wildman–Crippen LogP) is 3.40. The lowest BCUT2D eigenvalue weighted by atomic mass is 10.1. The van der Waals surface area contributed by atoms with Crippen molar-refractivity contribution >= 4 is 22.6 Å². The van der Waals surface area contributed by atoms with E-state index in [0.29, 0.717) is 11.2 Å². The van der Waals surface area contributed by atoms with Crippen molar-refractivity contribution in [1.82, 2.24) is 4.57 Å². The minimum absolute atomic E-state index is 0.0000540. The van der Waals surface area contributed by atoms with Crippen LogP contribution in [-0.2, 0) is 0 Å². The maximum Gasteiger partial charge on any atom is 0.333 e. The van der Waals surface area contributed by atoms with Crippen molar-refractivity contribution < 1.29 is 9.90 Å². The fourth-order valence-corrected chi connectivity index (χ4v) is 2.58. The quantitative estimate of drug-likeness (QED) is 0.723. The molecule has 0 radical (unpaired) electrons. The van der Waals surface area contributed by atoms with Crippen LogP contribution in [0.15, 0.2) is 53.3 Å². The summed E-state index contributed by atoms with van der Waals surface area (Å²) in [6.45, 7) is 3.67. The number of hydrogen-bond acceptors (Lipinski definition) is 3. The predicted molar refractivity (Wildman–Crippen MR) is 90.2 cm³/mol. The number of anilines is 1. The van der Waals surface area contributed by atoms with E-state index in [9.17, 15) is 14.7 Å². The number of aromatic nitrogens is 1. The van der Waals surface area contributed by atoms with Crippen molar-refractivity contribution in [1.29, 1.82) is 0 Å². The van der Waals surface area contributed by atoms with Gasteiger partial charge < -0.3 is 10.4 Å². The van der Waals surface area contributed by atoms with Crippen LogP contribution in [0.5, 0.6) is 5.75 Å². The highest BCUT2D eigenvalue weighted by Crippen LogP contribution is 2.22. The molecule has 2 aromatic carbocycles. The van der Waals surface area contributed by atoms with Gasteiger partial charge in [0.25, 0.3) is 5.56 Å². The Bertz CT molecular complexity index is 974. The smallest absolute Gasteiger partial charge is 0.333 e. The highest BCUT2D eigenvalue weighted by molar-refractivity contribution is 5.99. The van der Waals surface area contributed by atoms with E-state index in [1.165, 1.54) is 18.2 Å². The summed E-state index contributed by atoms with van der Waals surface area (Å²) < 4.78 is 1.04. The number of carbonyl (C=O) groups is 1. The summed E-state index contributed by atoms with van der Waals surface area (Å²) in [6.07, 6.45) is 0. The molecule has 23 heavy (non-hydrogen) atoms. The van der Waals surface area contributed by atoms with Crippen LogP contribution in [0, 0.1) is 13.8 Å². The van der Waals surface area contributed by atoms with E-state index in [4.69, 9.17) is 0 Å². The Labute approximate surface area is 132 Å². The third-order valence-electron chi connectivity index (χ3n) is 3.80. The van der Waals surface area contributed by atoms with Crippen molar-refractivity contribution in [2.24, 2.45) is 0 Å². The Kier molecular flexibility index (Phi) is 3.62. The second-order valence-corrected chi connectivity index (χ2v) is 5.45. The Balaban J connectivity index is 2.16. The molecule has 0 spiro atoms. The molecule has 0 aliphatic rings. The third-order valence-corrected chi connectivity index (χ3v) is 3.80. The van der Waals surface area contributed by atoms with E-state index in [0.717, 1.165) is 21.1 Å². The first kappa shape index (κ1) is 14.8. The maximum absolute atomic E-state index is 12.6. The lowest BCUT2D eigenvalue weighted by molar-refractivity contribution is 0.253. The van der Waals surface area contributed by atoms with Gasteiger partial charge in [0.05, 0.1) is 5.52 Å². The molecule has 0 bridgehead atoms. The summed E-state index contributed by atoms with van der Waals surface area (Å²) in [6, 6.07) is 12.8. The van der Waals surface area contributed by atoms with Crippen LogP contribution in [0.1, 0.15) is 11.1 Å². The Morgan fingerprint density at radius 2 is 1.78 bits per heavy atom. The number of hydrogen-bond donors (Lipinski definition) is 2. The first-order chi connectivity index (χ1) is 11.0. The Hall–Kier alpha value is -3.08. The van der Waals surface area contributed by atoms with Crippen LogP contribution >= 0.6 is 0 Å². The van der Waals surface area contributed by atoms with Crippen LogP contribution in [0.3, 0.4) is 0 Å². The van der Waals surface area contributed by atoms with Gasteiger partial charge >= 0.3 is 6.03 Å². The molecular weight excluding hydrogens is 292 g/mol. The SMILES string of the molecule is Cc1ccccc1NC(=O)n1c(=O)cc(C)c2ccc(O)cc21. The molecule has 116 valence electrons. The van der Waals surface area contributed by atoms with Gasteiger partial charge in [-0.05, 0) is 43.2 Å². The number of benzene rings is 2. The van der Waals surface area contributed by atoms with Gasteiger partial charge in [-0.15, -0.1) is 0 Å². The van der Waals surface area contributed by atoms with Gasteiger partial charge in [-0.1, -0.05) is 18.2 Å². The molecule has 0 atom stereocenters. The number of amides is 1. The van der Waals surface area contributed by atoms with Crippen molar-refractivity contribution in [3.05, 3.63) is 70.0 Å². The highest BCUT2D eigenvalue weighted by atomic mass is 16.3. The molecule has 5 nitrogen and oxygen atoms in total. The van der Waals surface area contributed by atoms with E-state index in [1.54, 1.807) is 19.1 Å². The van der Waals surface area contributed by atoms with Gasteiger partial charge in [-0.25, -0.2) is 9.36 Å². The van der Waals surface area contributed by atoms with Crippen LogP contribution in [0.2, 0.25) is 0 Å². The van der Waals surface area contributed by atoms with Crippen LogP contribution in [-0.4, -0.2) is 15.7 Å². The maximum atomic E-state index is 12.6. The summed E-state index contributed by atoms with van der Waals surface area (Å²) in [5.74, 6) is -0.0000540. The average Bonchev–Trinajstić information content (AvgIpc) is 2.49. The lowest BCUT2D eigenvalue weighted by Gasteiger charge is -2.13. The van der Waals surface area contributed by atoms with Crippen LogP contribution in [0.4, 0.5) is 10.5 Å². The molecule has 5 heteroatoms. The topological polar surface area (TPSA) is 71.3 Å². The van der Waals surface area contributed by atoms with Crippen molar-refractivity contribution in [3.8, 4) is 5.75 Å². The molecule has 1 heterocycles. The molecule has 0 aliphatic carbocycles. The normalized spacial score (nSPS) is 10.7. The van der Waals surface area contributed by atoms with Gasteiger partial charge in [-0.2, -0.15) is 0 Å². The second-order valence-electron chi connectivity index (χ2n) is 5.45. The number of fused-ring (bicyclic) bond motifs is 1. The van der Waals surface area contributed by atoms with E-state index in [-0.39, 0.29) is 5.75 Å². The zero-order chi connectivity index (χ0) is 16.6. The molecule has 0 saturated heterocycles. The minimum Gasteiger partial charge on any atom is -0.508 e. The third kappa shape index (κ3) is 2.68. The molecule has 2 N–H and O–H groups in total. The molecule has 0 fully saturated rings. The van der Waals surface area contributed by atoms with E-state index >= 15 is 0 Å². The number of carbonyl (C=O) groups excluding carboxylic acids is 1. The monoisotopic (exact) mass is 308 g/mol. The molecule has 3 aromatic rings. The second kappa shape index (κ2) is 5.61. The number of nitrogens with one attached hydrogen (secondary N) is 1. The Morgan fingerprint density at radius 1 is 1.04 bits per heavy atom. The van der Waals surface area contributed by atoms with E-state index < -0.39 is 11.6 Å². The molecule has 0 unspecified atom stereocenters. The fraction of sp³-hybridized carbons (Fsp3) is 0.111. The molecule has 1 amide bonds. The summed E-state index contributed by atoms with van der Waals surface area (Å²) in [5.41, 5.74) is 2.23. The number of phenolic OH excluding ortho intramolecular Hbond substituents is 1. The minimum atomic E-state index is -0.556. The number of para-hydroxylation sites is 1. The summed E-state index contributed by atoms with van der Waals surface area (Å²) in [4.78, 5) is 24.9. The zero-order valence-corrected chi connectivity index (χ0v) is 12.8. The standard InChI is InChI=1S/C18H16N2O3/c1-11-5-3-4-6-15(11)19-18(23)20-16-10-13(21)7-8-14(16)12(2)9-17(20)22/h3-10,21H,1-2H3,(H,19,23). The zero-order valence-electron chi connectivity index (χ0n) is 12.8. The van der Waals surface area contributed by atoms with Gasteiger partial charge in [0.15, 0.2) is 0 Å². The summed E-state index contributed by atoms with van der Waals surface area (Å²) in [5, 5.41) is 13.2. The number of pyridine rings is 1. The number of nitrogens with zero attached hydrogens (tertiary/aromatic N) is 1. The number of aromatic hydroxyl groups is 1. The molecule has 0 saturated carbocycles. The summed E-state index contributed by atoms with van der Waals surface area (Å²) in [7, 11) is 0.